The third-order valence-corrected chi connectivity index (χ3v) is 4.11. The highest BCUT2D eigenvalue weighted by molar-refractivity contribution is 5.75. The van der Waals surface area contributed by atoms with Crippen molar-refractivity contribution in [1.29, 1.82) is 0 Å². The molecule has 0 radical (unpaired) electrons. The lowest BCUT2D eigenvalue weighted by molar-refractivity contribution is -0.924. The molecule has 0 spiro atoms. The van der Waals surface area contributed by atoms with Crippen LogP contribution < -0.4 is 9.80 Å². The second-order valence-corrected chi connectivity index (χ2v) is 5.16. The van der Waals surface area contributed by atoms with Crippen LogP contribution in [0, 0.1) is 0 Å². The summed E-state index contributed by atoms with van der Waals surface area (Å²) in [6.07, 6.45) is 2.15. The fourth-order valence-corrected chi connectivity index (χ4v) is 2.60. The molecule has 1 heterocycles. The Kier molecular flexibility index (Phi) is 4.37. The fraction of sp³-hybridized carbons (Fsp3) is 0.533. The maximum absolute atomic E-state index is 10.6. The minimum Gasteiger partial charge on any atom is -0.360 e. The second kappa shape index (κ2) is 6.01. The highest BCUT2D eigenvalue weighted by Crippen LogP contribution is 2.14. The Morgan fingerprint density at radius 2 is 1.89 bits per heavy atom. The largest absolute Gasteiger partial charge is 0.360 e. The van der Waals surface area contributed by atoms with Gasteiger partial charge in [-0.2, -0.15) is 0 Å². The summed E-state index contributed by atoms with van der Waals surface area (Å²) in [4.78, 5) is 14.8. The number of nitrogens with zero attached hydrogens (tertiary/aromatic N) is 1. The zero-order chi connectivity index (χ0) is 13.0. The molecule has 1 aromatic rings. The first-order chi connectivity index (χ1) is 8.74. The average Bonchev–Trinajstić information content (AvgIpc) is 2.47. The van der Waals surface area contributed by atoms with Crippen LogP contribution in [0.3, 0.4) is 0 Å². The van der Waals surface area contributed by atoms with Crippen molar-refractivity contribution >= 4 is 12.0 Å². The molecular formula is C15H23N2O+. The third kappa shape index (κ3) is 2.91. The molecule has 1 aliphatic rings. The van der Waals surface area contributed by atoms with Gasteiger partial charge >= 0.3 is 0 Å². The van der Waals surface area contributed by atoms with Crippen molar-refractivity contribution in [1.82, 2.24) is 0 Å². The van der Waals surface area contributed by atoms with Crippen LogP contribution in [0.1, 0.15) is 30.6 Å². The van der Waals surface area contributed by atoms with Crippen molar-refractivity contribution in [2.24, 2.45) is 0 Å². The average molecular weight is 247 g/mol. The van der Waals surface area contributed by atoms with E-state index in [1.807, 2.05) is 12.1 Å². The molecule has 3 nitrogen and oxygen atoms in total. The van der Waals surface area contributed by atoms with E-state index in [4.69, 9.17) is 0 Å². The summed E-state index contributed by atoms with van der Waals surface area (Å²) in [7, 11) is 0. The van der Waals surface area contributed by atoms with Gasteiger partial charge in [-0.25, -0.2) is 0 Å². The number of hydrogen-bond donors (Lipinski definition) is 1. The third-order valence-electron chi connectivity index (χ3n) is 4.11. The topological polar surface area (TPSA) is 24.8 Å². The summed E-state index contributed by atoms with van der Waals surface area (Å²) < 4.78 is 0. The van der Waals surface area contributed by atoms with E-state index in [0.29, 0.717) is 0 Å². The summed E-state index contributed by atoms with van der Waals surface area (Å²) in [6.45, 7) is 9.25. The van der Waals surface area contributed by atoms with Crippen molar-refractivity contribution in [2.45, 2.75) is 26.3 Å². The van der Waals surface area contributed by atoms with E-state index in [1.165, 1.54) is 25.2 Å². The van der Waals surface area contributed by atoms with Gasteiger partial charge < -0.3 is 9.80 Å². The number of quaternary nitrogens is 1. The Morgan fingerprint density at radius 3 is 2.39 bits per heavy atom. The lowest BCUT2D eigenvalue weighted by Crippen LogP contribution is -3.17. The number of benzene rings is 1. The van der Waals surface area contributed by atoms with E-state index in [9.17, 15) is 4.79 Å². The van der Waals surface area contributed by atoms with Crippen LogP contribution in [0.25, 0.3) is 0 Å². The van der Waals surface area contributed by atoms with Gasteiger partial charge in [0.15, 0.2) is 0 Å². The molecule has 98 valence electrons. The molecule has 0 saturated carbocycles. The minimum atomic E-state index is 0.752. The molecule has 1 atom stereocenters. The molecule has 3 heteroatoms. The van der Waals surface area contributed by atoms with E-state index >= 15 is 0 Å². The van der Waals surface area contributed by atoms with Gasteiger partial charge in [-0.15, -0.1) is 0 Å². The quantitative estimate of drug-likeness (QED) is 0.803. The molecule has 1 N–H and O–H groups in total. The van der Waals surface area contributed by atoms with Gasteiger partial charge in [0.05, 0.1) is 32.2 Å². The Hall–Kier alpha value is -1.35. The van der Waals surface area contributed by atoms with Crippen LogP contribution >= 0.6 is 0 Å². The van der Waals surface area contributed by atoms with Gasteiger partial charge in [0.1, 0.15) is 6.29 Å². The van der Waals surface area contributed by atoms with Crippen molar-refractivity contribution in [3.05, 3.63) is 29.8 Å². The highest BCUT2D eigenvalue weighted by atomic mass is 16.1. The van der Waals surface area contributed by atoms with Gasteiger partial charge in [0.25, 0.3) is 0 Å². The van der Waals surface area contributed by atoms with Crippen LogP contribution in [0.2, 0.25) is 0 Å². The van der Waals surface area contributed by atoms with Gasteiger partial charge in [0, 0.05) is 11.3 Å². The summed E-state index contributed by atoms with van der Waals surface area (Å²) in [5.41, 5.74) is 1.99. The van der Waals surface area contributed by atoms with E-state index < -0.39 is 0 Å². The van der Waals surface area contributed by atoms with Crippen LogP contribution in [-0.2, 0) is 0 Å². The number of nitrogens with one attached hydrogen (secondary N) is 1. The molecule has 0 aromatic heterocycles. The first-order valence-corrected chi connectivity index (χ1v) is 6.89. The molecule has 1 saturated heterocycles. The number of rotatable bonds is 4. The first kappa shape index (κ1) is 13.1. The van der Waals surface area contributed by atoms with Crippen LogP contribution in [0.15, 0.2) is 24.3 Å². The number of piperazine rings is 1. The van der Waals surface area contributed by atoms with Gasteiger partial charge in [0.2, 0.25) is 0 Å². The zero-order valence-electron chi connectivity index (χ0n) is 11.4. The first-order valence-electron chi connectivity index (χ1n) is 6.89. The number of hydrogen-bond acceptors (Lipinski definition) is 2. The Bertz CT molecular complexity index is 380. The number of anilines is 1. The summed E-state index contributed by atoms with van der Waals surface area (Å²) >= 11 is 0. The standard InChI is InChI=1S/C15H22N2O/c1-3-13(2)16-8-10-17(11-9-16)15-6-4-14(12-18)5-7-15/h4-7,12-13H,3,8-11H2,1-2H3/p+1/t13-/m0/s1. The lowest BCUT2D eigenvalue weighted by Gasteiger charge is -2.36. The molecule has 1 fully saturated rings. The molecule has 0 unspecified atom stereocenters. The minimum absolute atomic E-state index is 0.752. The van der Waals surface area contributed by atoms with Crippen LogP contribution in [0.5, 0.6) is 0 Å². The maximum atomic E-state index is 10.6. The Labute approximate surface area is 109 Å². The number of aldehydes is 1. The Balaban J connectivity index is 1.94. The van der Waals surface area contributed by atoms with Crippen molar-refractivity contribution in [3.63, 3.8) is 0 Å². The van der Waals surface area contributed by atoms with E-state index in [-0.39, 0.29) is 0 Å². The fourth-order valence-electron chi connectivity index (χ4n) is 2.60. The van der Waals surface area contributed by atoms with Crippen LogP contribution in [0.4, 0.5) is 5.69 Å². The van der Waals surface area contributed by atoms with Gasteiger partial charge in [-0.3, -0.25) is 4.79 Å². The zero-order valence-corrected chi connectivity index (χ0v) is 11.4. The predicted octanol–water partition coefficient (Wildman–Crippen LogP) is 1.00. The van der Waals surface area contributed by atoms with E-state index in [0.717, 1.165) is 31.0 Å². The molecule has 0 aliphatic carbocycles. The molecule has 2 rings (SSSR count). The van der Waals surface area contributed by atoms with Crippen LogP contribution in [-0.4, -0.2) is 38.5 Å². The summed E-state index contributed by atoms with van der Waals surface area (Å²) in [6, 6.07) is 8.67. The summed E-state index contributed by atoms with van der Waals surface area (Å²) in [5.74, 6) is 0. The van der Waals surface area contributed by atoms with Gasteiger partial charge in [-0.05, 0) is 37.6 Å². The van der Waals surface area contributed by atoms with Gasteiger partial charge in [-0.1, -0.05) is 6.92 Å². The van der Waals surface area contributed by atoms with Crippen molar-refractivity contribution < 1.29 is 9.69 Å². The molecule has 1 aliphatic heterocycles. The lowest BCUT2D eigenvalue weighted by atomic mass is 10.1. The molecular weight excluding hydrogens is 224 g/mol. The number of carbonyl (C=O) groups excluding carboxylic acids is 1. The maximum Gasteiger partial charge on any atom is 0.150 e. The highest BCUT2D eigenvalue weighted by Gasteiger charge is 2.23. The molecule has 0 amide bonds. The molecule has 0 bridgehead atoms. The second-order valence-electron chi connectivity index (χ2n) is 5.16. The van der Waals surface area contributed by atoms with E-state index in [1.54, 1.807) is 4.90 Å². The normalized spacial score (nSPS) is 18.7. The van der Waals surface area contributed by atoms with E-state index in [2.05, 4.69) is 30.9 Å². The smallest absolute Gasteiger partial charge is 0.150 e. The predicted molar refractivity (Wildman–Crippen MR) is 74.5 cm³/mol. The number of carbonyl (C=O) groups is 1. The molecule has 18 heavy (non-hydrogen) atoms. The monoisotopic (exact) mass is 247 g/mol. The summed E-state index contributed by atoms with van der Waals surface area (Å²) in [5, 5.41) is 0. The molecule has 1 aromatic carbocycles. The van der Waals surface area contributed by atoms with Crippen molar-refractivity contribution in [3.8, 4) is 0 Å². The SMILES string of the molecule is CC[C@H](C)[NH+]1CCN(c2ccc(C=O)cc2)CC1. The van der Waals surface area contributed by atoms with Crippen molar-refractivity contribution in [2.75, 3.05) is 31.1 Å². The Morgan fingerprint density at radius 1 is 1.28 bits per heavy atom.